The normalized spacial score (nSPS) is 15.1. The van der Waals surface area contributed by atoms with Crippen molar-refractivity contribution in [3.8, 4) is 45.5 Å². The number of rotatable bonds is 6. The SMILES string of the molecule is CC1(C)c2cc(Br)ccc2-c2ccc(C#N)cc21.[2H]c1c([2H])c([2H])c(-c2c3ccccc3c(B(O)O)c3ccccc23)c([2H])c1[2H].[2H]c1c([2H])c([2H])c(-c2c3ccccc3c(C(=C)/C=C\C3=CC(C)(C)c4cc(C#N)ccc43)c3ccccc23)c([2H])c1[2H]. The molecule has 2 N–H and O–H groups in total. The van der Waals surface area contributed by atoms with Crippen molar-refractivity contribution in [3.63, 3.8) is 0 Å². The van der Waals surface area contributed by atoms with Gasteiger partial charge in [0.25, 0.3) is 0 Å². The van der Waals surface area contributed by atoms with Crippen LogP contribution in [0.15, 0.2) is 241 Å². The number of hydrogen-bond acceptors (Lipinski definition) is 4. The maximum atomic E-state index is 10.0. The third kappa shape index (κ3) is 9.25. The van der Waals surface area contributed by atoms with Crippen LogP contribution in [-0.2, 0) is 10.8 Å². The van der Waals surface area contributed by atoms with Gasteiger partial charge in [-0.25, -0.2) is 0 Å². The van der Waals surface area contributed by atoms with Crippen molar-refractivity contribution in [3.05, 3.63) is 280 Å². The molecule has 0 fully saturated rings. The van der Waals surface area contributed by atoms with Gasteiger partial charge >= 0.3 is 7.12 Å². The first kappa shape index (κ1) is 40.4. The molecule has 0 spiro atoms. The molecule has 0 bridgehead atoms. The van der Waals surface area contributed by atoms with Gasteiger partial charge in [0.1, 0.15) is 0 Å². The summed E-state index contributed by atoms with van der Waals surface area (Å²) < 4.78 is 83.9. The quantitative estimate of drug-likeness (QED) is 0.0986. The predicted octanol–water partition coefficient (Wildman–Crippen LogP) is 17.4. The van der Waals surface area contributed by atoms with E-state index in [4.69, 9.17) is 19.0 Å². The Hall–Kier alpha value is -8.88. The summed E-state index contributed by atoms with van der Waals surface area (Å²) in [5.74, 6) is 0. The largest absolute Gasteiger partial charge is 0.489 e. The van der Waals surface area contributed by atoms with E-state index in [2.05, 4.69) is 98.8 Å². The number of halogens is 1. The molecule has 6 heteroatoms. The van der Waals surface area contributed by atoms with Crippen LogP contribution in [-0.4, -0.2) is 17.2 Å². The second kappa shape index (κ2) is 20.9. The summed E-state index contributed by atoms with van der Waals surface area (Å²) in [7, 11) is -1.72. The lowest BCUT2D eigenvalue weighted by Crippen LogP contribution is -2.31. The Morgan fingerprint density at radius 3 is 1.42 bits per heavy atom. The lowest BCUT2D eigenvalue weighted by Gasteiger charge is -2.21. The van der Waals surface area contributed by atoms with Gasteiger partial charge in [-0.3, -0.25) is 0 Å². The highest BCUT2D eigenvalue weighted by Gasteiger charge is 2.36. The molecule has 11 aromatic carbocycles. The smallest absolute Gasteiger partial charge is 0.423 e. The summed E-state index contributed by atoms with van der Waals surface area (Å²) in [5.41, 5.74) is 12.9. The van der Waals surface area contributed by atoms with Gasteiger partial charge in [-0.1, -0.05) is 244 Å². The fraction of sp³-hybridized carbons (Fsp3) is 0.0833. The highest BCUT2D eigenvalue weighted by Crippen LogP contribution is 2.50. The van der Waals surface area contributed by atoms with E-state index in [1.807, 2.05) is 84.9 Å². The van der Waals surface area contributed by atoms with Crippen LogP contribution in [0, 0.1) is 22.7 Å². The number of fused-ring (bicyclic) bond motifs is 8. The second-order valence-corrected chi connectivity index (χ2v) is 21.2. The van der Waals surface area contributed by atoms with Crippen LogP contribution >= 0.6 is 15.9 Å². The minimum absolute atomic E-state index is 0.0404. The van der Waals surface area contributed by atoms with Gasteiger partial charge in [0.2, 0.25) is 0 Å². The number of nitrogens with zero attached hydrogens (tertiary/aromatic N) is 2. The average molecular weight is 1080 g/mol. The second-order valence-electron chi connectivity index (χ2n) is 20.3. The molecular formula is C72H54BBrN2O2. The third-order valence-corrected chi connectivity index (χ3v) is 15.4. The van der Waals surface area contributed by atoms with Crippen LogP contribution in [0.4, 0.5) is 0 Å². The lowest BCUT2D eigenvalue weighted by atomic mass is 9.72. The molecule has 0 saturated carbocycles. The zero-order valence-electron chi connectivity index (χ0n) is 53.1. The van der Waals surface area contributed by atoms with Gasteiger partial charge in [0, 0.05) is 15.3 Å². The van der Waals surface area contributed by atoms with E-state index in [1.54, 1.807) is 48.5 Å². The van der Waals surface area contributed by atoms with E-state index in [0.717, 1.165) is 59.4 Å². The van der Waals surface area contributed by atoms with E-state index in [9.17, 15) is 15.3 Å². The Kier molecular flexibility index (Phi) is 10.8. The summed E-state index contributed by atoms with van der Waals surface area (Å²) in [6.45, 7) is 13.2. The standard InChI is InChI=1S/C36H27N.C20H15BO2.C16H12BrN/c1-24(17-19-27-22-36(2,3)33-21-25(23-37)18-20-28(27)33)34-29-13-7-9-15-31(29)35(26-11-5-4-6-12-26)32-16-10-8-14-30(32)34;22-21(23)20-17-12-6-4-10-15(17)19(14-8-2-1-3-9-14)16-11-5-7-13-18(16)20;1-16(2)14-7-10(9-18)3-5-12(14)13-6-4-11(17)8-15(13)16/h4-22H,1H2,2-3H3;1-13,22-23H;3-8H,1-2H3/b19-17-;;/i4D,5D,6D,11D,12D;1D,2D,3D,8D,9D;. The molecule has 0 aliphatic heterocycles. The van der Waals surface area contributed by atoms with Crippen molar-refractivity contribution >= 4 is 82.7 Å². The first-order valence-corrected chi connectivity index (χ1v) is 26.1. The Bertz CT molecular complexity index is 4810. The van der Waals surface area contributed by atoms with Crippen LogP contribution in [0.5, 0.6) is 0 Å². The van der Waals surface area contributed by atoms with Gasteiger partial charge in [0.05, 0.1) is 37.0 Å². The molecule has 2 aliphatic rings. The number of hydrogen-bond donors (Lipinski definition) is 2. The van der Waals surface area contributed by atoms with Crippen LogP contribution in [0.1, 0.15) is 80.3 Å². The summed E-state index contributed by atoms with van der Waals surface area (Å²) in [5, 5.41) is 44.1. The molecule has 0 unspecified atom stereocenters. The molecule has 4 nitrogen and oxygen atoms in total. The molecular weight excluding hydrogens is 1020 g/mol. The molecule has 374 valence electrons. The summed E-state index contributed by atoms with van der Waals surface area (Å²) in [6.07, 6.45) is 6.28. The average Bonchev–Trinajstić information content (AvgIpc) is 1.08. The molecule has 13 rings (SSSR count). The third-order valence-electron chi connectivity index (χ3n) is 14.9. The molecule has 0 aromatic heterocycles. The minimum atomic E-state index is -1.72. The molecule has 78 heavy (non-hydrogen) atoms. The maximum Gasteiger partial charge on any atom is 0.489 e. The Balaban J connectivity index is 0.000000149. The molecule has 0 atom stereocenters. The summed E-state index contributed by atoms with van der Waals surface area (Å²) in [4.78, 5) is 0. The minimum Gasteiger partial charge on any atom is -0.423 e. The van der Waals surface area contributed by atoms with E-state index in [1.165, 1.54) is 22.3 Å². The Labute approximate surface area is 479 Å². The van der Waals surface area contributed by atoms with Crippen LogP contribution in [0.2, 0.25) is 0 Å². The summed E-state index contributed by atoms with van der Waals surface area (Å²) >= 11 is 3.54. The predicted molar refractivity (Wildman–Crippen MR) is 330 cm³/mol. The number of benzene rings is 11. The van der Waals surface area contributed by atoms with E-state index >= 15 is 0 Å². The molecule has 2 aliphatic carbocycles. The monoisotopic (exact) mass is 1080 g/mol. The zero-order valence-corrected chi connectivity index (χ0v) is 44.7. The highest BCUT2D eigenvalue weighted by atomic mass is 79.9. The van der Waals surface area contributed by atoms with Crippen molar-refractivity contribution in [1.29, 1.82) is 10.5 Å². The lowest BCUT2D eigenvalue weighted by molar-refractivity contribution is 0.426. The number of allylic oxidation sites excluding steroid dienone is 5. The van der Waals surface area contributed by atoms with Gasteiger partial charge in [-0.2, -0.15) is 10.5 Å². The zero-order chi connectivity index (χ0) is 63.0. The van der Waals surface area contributed by atoms with E-state index < -0.39 is 31.3 Å². The Morgan fingerprint density at radius 1 is 0.538 bits per heavy atom. The van der Waals surface area contributed by atoms with Crippen molar-refractivity contribution in [1.82, 2.24) is 0 Å². The van der Waals surface area contributed by atoms with Gasteiger partial charge < -0.3 is 10.0 Å². The fourth-order valence-electron chi connectivity index (χ4n) is 11.3. The van der Waals surface area contributed by atoms with Crippen molar-refractivity contribution in [2.45, 2.75) is 38.5 Å². The van der Waals surface area contributed by atoms with Crippen molar-refractivity contribution < 1.29 is 23.8 Å². The molecule has 0 saturated heterocycles. The molecule has 0 heterocycles. The van der Waals surface area contributed by atoms with E-state index in [0.29, 0.717) is 43.7 Å². The van der Waals surface area contributed by atoms with Gasteiger partial charge in [-0.05, 0) is 157 Å². The molecule has 0 radical (unpaired) electrons. The number of nitriles is 2. The van der Waals surface area contributed by atoms with Crippen molar-refractivity contribution in [2.75, 3.05) is 0 Å². The first-order chi connectivity index (χ1) is 41.9. The van der Waals surface area contributed by atoms with Gasteiger partial charge in [-0.15, -0.1) is 0 Å². The van der Waals surface area contributed by atoms with E-state index in [-0.39, 0.29) is 58.2 Å². The van der Waals surface area contributed by atoms with Crippen molar-refractivity contribution in [2.24, 2.45) is 0 Å². The highest BCUT2D eigenvalue weighted by molar-refractivity contribution is 9.10. The van der Waals surface area contributed by atoms with Crippen LogP contribution in [0.25, 0.3) is 87.6 Å². The van der Waals surface area contributed by atoms with Crippen LogP contribution in [0.3, 0.4) is 0 Å². The molecule has 11 aromatic rings. The molecule has 0 amide bonds. The Morgan fingerprint density at radius 2 is 0.949 bits per heavy atom. The fourth-order valence-corrected chi connectivity index (χ4v) is 11.7. The topological polar surface area (TPSA) is 88.0 Å². The van der Waals surface area contributed by atoms with Crippen LogP contribution < -0.4 is 5.46 Å². The maximum absolute atomic E-state index is 10.0. The summed E-state index contributed by atoms with van der Waals surface area (Å²) in [6, 6.07) is 48.8. The first-order valence-electron chi connectivity index (χ1n) is 30.3. The van der Waals surface area contributed by atoms with Gasteiger partial charge in [0.15, 0.2) is 0 Å².